The summed E-state index contributed by atoms with van der Waals surface area (Å²) in [5.41, 5.74) is 6.00. The number of hydrogen-bond donors (Lipinski definition) is 2. The predicted molar refractivity (Wildman–Crippen MR) is 70.5 cm³/mol. The molecule has 0 spiro atoms. The molecule has 0 unspecified atom stereocenters. The van der Waals surface area contributed by atoms with Gasteiger partial charge in [0.1, 0.15) is 5.41 Å². The molecule has 0 aliphatic heterocycles. The lowest BCUT2D eigenvalue weighted by Crippen LogP contribution is -2.54. The number of rotatable bonds is 4. The molecule has 6 heteroatoms. The minimum atomic E-state index is -0.778. The molecule has 1 amide bonds. The van der Waals surface area contributed by atoms with E-state index in [0.29, 0.717) is 19.4 Å². The maximum absolute atomic E-state index is 12.4. The number of amidine groups is 1. The molecule has 1 heterocycles. The van der Waals surface area contributed by atoms with Gasteiger partial charge in [-0.05, 0) is 35.2 Å². The molecular weight excluding hydrogens is 250 g/mol. The van der Waals surface area contributed by atoms with Gasteiger partial charge in [-0.25, -0.2) is 0 Å². The maximum Gasteiger partial charge on any atom is 0.236 e. The van der Waals surface area contributed by atoms with Crippen molar-refractivity contribution in [2.45, 2.75) is 25.8 Å². The first-order valence-corrected chi connectivity index (χ1v) is 6.79. The number of oxime groups is 1. The standard InChI is InChI=1S/C12H17N3O2S/c1-15(7-9-3-6-18-8-9)11(16)12(4-2-5-12)10(13)14-17/h3,6,8,17H,2,4-5,7H2,1H3,(H2,13,14). The van der Waals surface area contributed by atoms with Gasteiger partial charge in [0, 0.05) is 13.6 Å². The zero-order chi connectivity index (χ0) is 13.2. The van der Waals surface area contributed by atoms with Crippen molar-refractivity contribution in [3.05, 3.63) is 22.4 Å². The average Bonchev–Trinajstić information content (AvgIpc) is 2.79. The largest absolute Gasteiger partial charge is 0.409 e. The third-order valence-corrected chi connectivity index (χ3v) is 4.29. The van der Waals surface area contributed by atoms with E-state index in [-0.39, 0.29) is 11.7 Å². The van der Waals surface area contributed by atoms with E-state index in [4.69, 9.17) is 10.9 Å². The van der Waals surface area contributed by atoms with Gasteiger partial charge in [-0.15, -0.1) is 0 Å². The van der Waals surface area contributed by atoms with Gasteiger partial charge in [-0.1, -0.05) is 11.6 Å². The third-order valence-electron chi connectivity index (χ3n) is 3.56. The quantitative estimate of drug-likeness (QED) is 0.376. The van der Waals surface area contributed by atoms with E-state index in [1.807, 2.05) is 16.8 Å². The Morgan fingerprint density at radius 2 is 2.39 bits per heavy atom. The van der Waals surface area contributed by atoms with Gasteiger partial charge in [-0.2, -0.15) is 11.3 Å². The highest BCUT2D eigenvalue weighted by Crippen LogP contribution is 2.42. The zero-order valence-corrected chi connectivity index (χ0v) is 11.1. The molecule has 1 saturated carbocycles. The Morgan fingerprint density at radius 3 is 2.83 bits per heavy atom. The summed E-state index contributed by atoms with van der Waals surface area (Å²) in [5.74, 6) is -0.0221. The van der Waals surface area contributed by atoms with E-state index >= 15 is 0 Å². The van der Waals surface area contributed by atoms with E-state index in [9.17, 15) is 4.79 Å². The molecule has 1 fully saturated rings. The number of hydrogen-bond acceptors (Lipinski definition) is 4. The van der Waals surface area contributed by atoms with Crippen LogP contribution in [0.5, 0.6) is 0 Å². The SMILES string of the molecule is CN(Cc1ccsc1)C(=O)C1(/C(N)=N/O)CCC1. The van der Waals surface area contributed by atoms with E-state index in [1.165, 1.54) is 0 Å². The Balaban J connectivity index is 2.10. The van der Waals surface area contributed by atoms with E-state index < -0.39 is 5.41 Å². The highest BCUT2D eigenvalue weighted by Gasteiger charge is 2.49. The molecule has 0 atom stereocenters. The van der Waals surface area contributed by atoms with Gasteiger partial charge in [0.2, 0.25) is 5.91 Å². The van der Waals surface area contributed by atoms with Crippen LogP contribution in [0.1, 0.15) is 24.8 Å². The smallest absolute Gasteiger partial charge is 0.236 e. The Hall–Kier alpha value is -1.56. The van der Waals surface area contributed by atoms with Crippen molar-refractivity contribution in [1.29, 1.82) is 0 Å². The van der Waals surface area contributed by atoms with E-state index in [1.54, 1.807) is 23.3 Å². The van der Waals surface area contributed by atoms with Crippen molar-refractivity contribution in [2.75, 3.05) is 7.05 Å². The summed E-state index contributed by atoms with van der Waals surface area (Å²) in [6, 6.07) is 1.99. The molecule has 0 bridgehead atoms. The summed E-state index contributed by atoms with van der Waals surface area (Å²) in [6.45, 7) is 0.558. The summed E-state index contributed by atoms with van der Waals surface area (Å²) < 4.78 is 0. The lowest BCUT2D eigenvalue weighted by Gasteiger charge is -2.41. The van der Waals surface area contributed by atoms with Crippen LogP contribution in [0.25, 0.3) is 0 Å². The second-order valence-corrected chi connectivity index (χ2v) is 5.49. The van der Waals surface area contributed by atoms with Gasteiger partial charge in [0.25, 0.3) is 0 Å². The van der Waals surface area contributed by atoms with Crippen LogP contribution in [-0.2, 0) is 11.3 Å². The number of thiophene rings is 1. The predicted octanol–water partition coefficient (Wildman–Crippen LogP) is 1.62. The third kappa shape index (κ3) is 2.08. The second kappa shape index (κ2) is 4.97. The number of amides is 1. The van der Waals surface area contributed by atoms with Crippen molar-refractivity contribution in [3.8, 4) is 0 Å². The van der Waals surface area contributed by atoms with E-state index in [0.717, 1.165) is 12.0 Å². The molecule has 1 aliphatic rings. The lowest BCUT2D eigenvalue weighted by atomic mass is 9.67. The Morgan fingerprint density at radius 1 is 1.67 bits per heavy atom. The first-order chi connectivity index (χ1) is 8.60. The van der Waals surface area contributed by atoms with Gasteiger partial charge in [0.05, 0.1) is 0 Å². The van der Waals surface area contributed by atoms with E-state index in [2.05, 4.69) is 5.16 Å². The van der Waals surface area contributed by atoms with Crippen molar-refractivity contribution >= 4 is 23.1 Å². The van der Waals surface area contributed by atoms with Crippen LogP contribution >= 0.6 is 11.3 Å². The van der Waals surface area contributed by atoms with Crippen LogP contribution in [0.2, 0.25) is 0 Å². The fraction of sp³-hybridized carbons (Fsp3) is 0.500. The van der Waals surface area contributed by atoms with Crippen LogP contribution in [0.3, 0.4) is 0 Å². The van der Waals surface area contributed by atoms with Gasteiger partial charge < -0.3 is 15.8 Å². The minimum absolute atomic E-state index is 0.0379. The molecule has 3 N–H and O–H groups in total. The Kier molecular flexibility index (Phi) is 3.56. The molecule has 0 aromatic carbocycles. The Labute approximate surface area is 110 Å². The molecule has 98 valence electrons. The monoisotopic (exact) mass is 267 g/mol. The number of carbonyl (C=O) groups excluding carboxylic acids is 1. The maximum atomic E-state index is 12.4. The summed E-state index contributed by atoms with van der Waals surface area (Å²) in [5, 5.41) is 15.8. The first kappa shape index (κ1) is 12.9. The van der Waals surface area contributed by atoms with Crippen LogP contribution < -0.4 is 5.73 Å². The molecule has 1 aromatic heterocycles. The minimum Gasteiger partial charge on any atom is -0.409 e. The van der Waals surface area contributed by atoms with Crippen LogP contribution in [-0.4, -0.2) is 28.9 Å². The first-order valence-electron chi connectivity index (χ1n) is 5.85. The Bertz CT molecular complexity index is 452. The van der Waals surface area contributed by atoms with Gasteiger partial charge >= 0.3 is 0 Å². The van der Waals surface area contributed by atoms with Crippen LogP contribution in [0.15, 0.2) is 22.0 Å². The normalized spacial score (nSPS) is 18.2. The van der Waals surface area contributed by atoms with Crippen molar-refractivity contribution in [3.63, 3.8) is 0 Å². The fourth-order valence-electron chi connectivity index (χ4n) is 2.30. The number of nitrogens with zero attached hydrogens (tertiary/aromatic N) is 2. The average molecular weight is 267 g/mol. The van der Waals surface area contributed by atoms with Crippen molar-refractivity contribution in [1.82, 2.24) is 4.90 Å². The van der Waals surface area contributed by atoms with Crippen LogP contribution in [0.4, 0.5) is 0 Å². The molecule has 18 heavy (non-hydrogen) atoms. The molecule has 1 aliphatic carbocycles. The summed E-state index contributed by atoms with van der Waals surface area (Å²) >= 11 is 1.60. The summed E-state index contributed by atoms with van der Waals surface area (Å²) in [7, 11) is 1.75. The number of carbonyl (C=O) groups is 1. The molecular formula is C12H17N3O2S. The fourth-order valence-corrected chi connectivity index (χ4v) is 2.96. The summed E-state index contributed by atoms with van der Waals surface area (Å²) in [4.78, 5) is 14.1. The second-order valence-electron chi connectivity index (χ2n) is 4.71. The van der Waals surface area contributed by atoms with Gasteiger partial charge in [0.15, 0.2) is 5.84 Å². The topological polar surface area (TPSA) is 78.9 Å². The number of nitrogens with two attached hydrogens (primary N) is 1. The molecule has 0 radical (unpaired) electrons. The zero-order valence-electron chi connectivity index (χ0n) is 10.3. The highest BCUT2D eigenvalue weighted by molar-refractivity contribution is 7.07. The molecule has 0 saturated heterocycles. The van der Waals surface area contributed by atoms with Crippen molar-refractivity contribution in [2.24, 2.45) is 16.3 Å². The molecule has 5 nitrogen and oxygen atoms in total. The summed E-state index contributed by atoms with van der Waals surface area (Å²) in [6.07, 6.45) is 2.26. The molecule has 1 aromatic rings. The lowest BCUT2D eigenvalue weighted by molar-refractivity contribution is -0.141. The molecule has 2 rings (SSSR count). The highest BCUT2D eigenvalue weighted by atomic mass is 32.1. The van der Waals surface area contributed by atoms with Crippen molar-refractivity contribution < 1.29 is 10.0 Å². The van der Waals surface area contributed by atoms with Gasteiger partial charge in [-0.3, -0.25) is 4.79 Å². The van der Waals surface area contributed by atoms with Crippen LogP contribution in [0, 0.1) is 5.41 Å².